The van der Waals surface area contributed by atoms with E-state index >= 15 is 0 Å². The maximum Gasteiger partial charge on any atom is 0.324 e. The van der Waals surface area contributed by atoms with Crippen LogP contribution in [0.2, 0.25) is 0 Å². The summed E-state index contributed by atoms with van der Waals surface area (Å²) in [7, 11) is 0. The van der Waals surface area contributed by atoms with E-state index in [0.717, 1.165) is 12.1 Å². The SMILES string of the molecule is C.CCOC(=O)C(Br)c1ccc(F)c(F)c1. The van der Waals surface area contributed by atoms with Gasteiger partial charge in [-0.05, 0) is 24.6 Å². The van der Waals surface area contributed by atoms with E-state index in [1.165, 1.54) is 6.07 Å². The molecule has 1 aromatic rings. The molecule has 0 aliphatic carbocycles. The average molecular weight is 295 g/mol. The largest absolute Gasteiger partial charge is 0.465 e. The Labute approximate surface area is 102 Å². The van der Waals surface area contributed by atoms with Gasteiger partial charge in [-0.2, -0.15) is 0 Å². The smallest absolute Gasteiger partial charge is 0.324 e. The number of carbonyl (C=O) groups is 1. The highest BCUT2D eigenvalue weighted by molar-refractivity contribution is 9.09. The highest BCUT2D eigenvalue weighted by Gasteiger charge is 2.19. The Bertz CT molecular complexity index is 369. The second kappa shape index (κ2) is 6.58. The van der Waals surface area contributed by atoms with Crippen molar-refractivity contribution in [2.45, 2.75) is 19.2 Å². The van der Waals surface area contributed by atoms with Crippen LogP contribution < -0.4 is 0 Å². The zero-order valence-corrected chi connectivity index (χ0v) is 9.55. The third-order valence-corrected chi connectivity index (χ3v) is 2.63. The maximum absolute atomic E-state index is 12.8. The quantitative estimate of drug-likeness (QED) is 0.629. The molecule has 0 aromatic heterocycles. The van der Waals surface area contributed by atoms with Gasteiger partial charge in [-0.1, -0.05) is 29.4 Å². The predicted molar refractivity (Wildman–Crippen MR) is 61.4 cm³/mol. The second-order valence-corrected chi connectivity index (χ2v) is 3.70. The standard InChI is InChI=1S/C10H9BrF2O2.CH4/c1-2-15-10(14)9(11)6-3-4-7(12)8(13)5-6;/h3-5,9H,2H2,1H3;1H4. The van der Waals surface area contributed by atoms with Crippen molar-refractivity contribution >= 4 is 21.9 Å². The Morgan fingerprint density at radius 1 is 1.44 bits per heavy atom. The van der Waals surface area contributed by atoms with Gasteiger partial charge in [-0.15, -0.1) is 0 Å². The summed E-state index contributed by atoms with van der Waals surface area (Å²) in [5.41, 5.74) is 0.326. The van der Waals surface area contributed by atoms with E-state index in [0.29, 0.717) is 5.56 Å². The molecule has 1 unspecified atom stereocenters. The second-order valence-electron chi connectivity index (χ2n) is 2.79. The van der Waals surface area contributed by atoms with Crippen LogP contribution in [0.1, 0.15) is 24.7 Å². The molecule has 2 nitrogen and oxygen atoms in total. The van der Waals surface area contributed by atoms with Crippen LogP contribution in [0.4, 0.5) is 8.78 Å². The van der Waals surface area contributed by atoms with Crippen LogP contribution in [0.5, 0.6) is 0 Å². The maximum atomic E-state index is 12.8. The first kappa shape index (κ1) is 15.0. The number of carbonyl (C=O) groups excluding carboxylic acids is 1. The molecule has 1 aromatic carbocycles. The number of alkyl halides is 1. The summed E-state index contributed by atoms with van der Waals surface area (Å²) in [6.07, 6.45) is 0. The fourth-order valence-corrected chi connectivity index (χ4v) is 1.44. The molecule has 5 heteroatoms. The summed E-state index contributed by atoms with van der Waals surface area (Å²) in [6, 6.07) is 3.26. The Morgan fingerprint density at radius 2 is 2.06 bits per heavy atom. The molecule has 0 fully saturated rings. The Balaban J connectivity index is 0.00000225. The van der Waals surface area contributed by atoms with Gasteiger partial charge in [0.15, 0.2) is 11.6 Å². The molecule has 0 aliphatic heterocycles. The average Bonchev–Trinajstić information content (AvgIpc) is 2.21. The van der Waals surface area contributed by atoms with E-state index in [2.05, 4.69) is 15.9 Å². The fourth-order valence-electron chi connectivity index (χ4n) is 1.02. The van der Waals surface area contributed by atoms with Crippen LogP contribution in [-0.2, 0) is 9.53 Å². The van der Waals surface area contributed by atoms with Gasteiger partial charge in [0, 0.05) is 0 Å². The topological polar surface area (TPSA) is 26.3 Å². The van der Waals surface area contributed by atoms with Crippen molar-refractivity contribution < 1.29 is 18.3 Å². The fraction of sp³-hybridized carbons (Fsp3) is 0.364. The summed E-state index contributed by atoms with van der Waals surface area (Å²) in [6.45, 7) is 1.91. The van der Waals surface area contributed by atoms with E-state index < -0.39 is 22.4 Å². The van der Waals surface area contributed by atoms with Crippen LogP contribution in [0, 0.1) is 11.6 Å². The van der Waals surface area contributed by atoms with Crippen molar-refractivity contribution in [2.75, 3.05) is 6.61 Å². The van der Waals surface area contributed by atoms with E-state index in [4.69, 9.17) is 4.74 Å². The lowest BCUT2D eigenvalue weighted by Gasteiger charge is -2.09. The molecule has 0 saturated carbocycles. The number of hydrogen-bond acceptors (Lipinski definition) is 2. The third kappa shape index (κ3) is 3.56. The number of halogens is 3. The van der Waals surface area contributed by atoms with E-state index in [1.54, 1.807) is 6.92 Å². The van der Waals surface area contributed by atoms with Gasteiger partial charge in [-0.25, -0.2) is 8.78 Å². The lowest BCUT2D eigenvalue weighted by molar-refractivity contribution is -0.142. The molecule has 1 rings (SSSR count). The monoisotopic (exact) mass is 294 g/mol. The van der Waals surface area contributed by atoms with Gasteiger partial charge in [0.05, 0.1) is 6.61 Å². The first-order valence-corrected chi connectivity index (χ1v) is 5.23. The molecule has 0 spiro atoms. The molecule has 0 amide bonds. The Kier molecular flexibility index (Phi) is 6.18. The molecule has 0 saturated heterocycles. The van der Waals surface area contributed by atoms with Gasteiger partial charge in [-0.3, -0.25) is 4.79 Å². The highest BCUT2D eigenvalue weighted by atomic mass is 79.9. The first-order valence-electron chi connectivity index (χ1n) is 4.32. The van der Waals surface area contributed by atoms with Crippen LogP contribution in [-0.4, -0.2) is 12.6 Å². The van der Waals surface area contributed by atoms with Crippen molar-refractivity contribution in [1.82, 2.24) is 0 Å². The third-order valence-electron chi connectivity index (χ3n) is 1.73. The summed E-state index contributed by atoms with van der Waals surface area (Å²) >= 11 is 3.05. The number of rotatable bonds is 3. The Morgan fingerprint density at radius 3 is 2.56 bits per heavy atom. The van der Waals surface area contributed by atoms with E-state index in [1.807, 2.05) is 0 Å². The van der Waals surface area contributed by atoms with Crippen LogP contribution >= 0.6 is 15.9 Å². The van der Waals surface area contributed by atoms with Crippen LogP contribution in [0.3, 0.4) is 0 Å². The molecule has 16 heavy (non-hydrogen) atoms. The van der Waals surface area contributed by atoms with Crippen molar-refractivity contribution in [3.8, 4) is 0 Å². The summed E-state index contributed by atoms with van der Waals surface area (Å²) < 4.78 is 30.2. The zero-order chi connectivity index (χ0) is 11.4. The van der Waals surface area contributed by atoms with Crippen molar-refractivity contribution in [2.24, 2.45) is 0 Å². The Hall–Kier alpha value is -0.970. The molecular weight excluding hydrogens is 282 g/mol. The molecule has 0 bridgehead atoms. The number of benzene rings is 1. The molecule has 0 aliphatic rings. The highest BCUT2D eigenvalue weighted by Crippen LogP contribution is 2.25. The predicted octanol–water partition coefficient (Wildman–Crippen LogP) is 3.60. The van der Waals surface area contributed by atoms with Crippen molar-refractivity contribution in [3.05, 3.63) is 35.4 Å². The summed E-state index contributed by atoms with van der Waals surface area (Å²) in [4.78, 5) is 10.5. The van der Waals surface area contributed by atoms with E-state index in [-0.39, 0.29) is 14.0 Å². The molecule has 1 atom stereocenters. The van der Waals surface area contributed by atoms with Crippen molar-refractivity contribution in [1.29, 1.82) is 0 Å². The lowest BCUT2D eigenvalue weighted by Crippen LogP contribution is -2.11. The minimum absolute atomic E-state index is 0. The number of ether oxygens (including phenoxy) is 1. The summed E-state index contributed by atoms with van der Waals surface area (Å²) in [5, 5.41) is 0. The molecule has 90 valence electrons. The minimum Gasteiger partial charge on any atom is -0.465 e. The van der Waals surface area contributed by atoms with E-state index in [9.17, 15) is 13.6 Å². The number of esters is 1. The van der Waals surface area contributed by atoms with Gasteiger partial charge in [0.2, 0.25) is 0 Å². The van der Waals surface area contributed by atoms with Crippen LogP contribution in [0.15, 0.2) is 18.2 Å². The first-order chi connectivity index (χ1) is 7.06. The van der Waals surface area contributed by atoms with Crippen LogP contribution in [0.25, 0.3) is 0 Å². The van der Waals surface area contributed by atoms with Gasteiger partial charge < -0.3 is 4.74 Å². The summed E-state index contributed by atoms with van der Waals surface area (Å²) in [5.74, 6) is -2.45. The molecule has 0 heterocycles. The number of hydrogen-bond donors (Lipinski definition) is 0. The molecule has 0 radical (unpaired) electrons. The molecule has 0 N–H and O–H groups in total. The van der Waals surface area contributed by atoms with Crippen molar-refractivity contribution in [3.63, 3.8) is 0 Å². The van der Waals surface area contributed by atoms with Gasteiger partial charge in [0.1, 0.15) is 4.83 Å². The lowest BCUT2D eigenvalue weighted by atomic mass is 10.1. The van der Waals surface area contributed by atoms with Gasteiger partial charge in [0.25, 0.3) is 0 Å². The van der Waals surface area contributed by atoms with Gasteiger partial charge >= 0.3 is 5.97 Å². The zero-order valence-electron chi connectivity index (χ0n) is 7.97. The molecular formula is C11H13BrF2O2. The minimum atomic E-state index is -0.985. The normalized spacial score (nSPS) is 11.5.